The molecule has 0 spiro atoms. The second-order valence-corrected chi connectivity index (χ2v) is 10.4. The number of benzene rings is 1. The smallest absolute Gasteiger partial charge is 0.153 e. The van der Waals surface area contributed by atoms with E-state index in [4.69, 9.17) is 0 Å². The highest BCUT2D eigenvalue weighted by molar-refractivity contribution is 7.91. The molecule has 2 aromatic heterocycles. The van der Waals surface area contributed by atoms with Gasteiger partial charge in [-0.2, -0.15) is 0 Å². The van der Waals surface area contributed by atoms with Gasteiger partial charge in [0.2, 0.25) is 0 Å². The second-order valence-electron chi connectivity index (χ2n) is 5.97. The molecule has 3 heterocycles. The predicted molar refractivity (Wildman–Crippen MR) is 104 cm³/mol. The molecule has 0 unspecified atom stereocenters. The fourth-order valence-corrected chi connectivity index (χ4v) is 5.55. The van der Waals surface area contributed by atoms with Crippen LogP contribution in [0.15, 0.2) is 35.8 Å². The van der Waals surface area contributed by atoms with Crippen molar-refractivity contribution >= 4 is 38.2 Å². The fraction of sp³-hybridized carbons (Fsp3) is 0.294. The Kier molecular flexibility index (Phi) is 4.35. The number of hydrogen-bond donors (Lipinski definition) is 0. The van der Waals surface area contributed by atoms with Gasteiger partial charge in [-0.3, -0.25) is 0 Å². The first-order valence-corrected chi connectivity index (χ1v) is 11.5. The molecule has 1 fully saturated rings. The molecule has 0 atom stereocenters. The maximum absolute atomic E-state index is 11.6. The van der Waals surface area contributed by atoms with Gasteiger partial charge in [-0.15, -0.1) is 22.7 Å². The number of hydrogen-bond acceptors (Lipinski definition) is 7. The Hall–Kier alpha value is -1.77. The molecular weight excluding hydrogens is 374 g/mol. The molecule has 3 aromatic rings. The summed E-state index contributed by atoms with van der Waals surface area (Å²) in [5.41, 5.74) is 3.12. The zero-order chi connectivity index (χ0) is 17.4. The molecule has 4 rings (SSSR count). The largest absolute Gasteiger partial charge is 0.369 e. The zero-order valence-electron chi connectivity index (χ0n) is 13.7. The summed E-state index contributed by atoms with van der Waals surface area (Å²) in [6.07, 6.45) is 1.89. The molecule has 0 radical (unpaired) electrons. The van der Waals surface area contributed by atoms with Gasteiger partial charge in [0.25, 0.3) is 0 Å². The summed E-state index contributed by atoms with van der Waals surface area (Å²) in [5.74, 6) is 0.472. The average Bonchev–Trinajstić information content (AvgIpc) is 3.24. The van der Waals surface area contributed by atoms with Crippen LogP contribution in [-0.2, 0) is 9.84 Å². The number of sulfone groups is 1. The van der Waals surface area contributed by atoms with Gasteiger partial charge >= 0.3 is 0 Å². The van der Waals surface area contributed by atoms with Crippen LogP contribution in [0.1, 0.15) is 5.01 Å². The Bertz CT molecular complexity index is 976. The lowest BCUT2D eigenvalue weighted by molar-refractivity contribution is 0.587. The Balaban J connectivity index is 1.52. The van der Waals surface area contributed by atoms with Gasteiger partial charge in [-0.25, -0.2) is 18.4 Å². The highest BCUT2D eigenvalue weighted by Gasteiger charge is 2.21. The van der Waals surface area contributed by atoms with E-state index in [1.807, 2.05) is 18.5 Å². The van der Waals surface area contributed by atoms with Gasteiger partial charge in [0, 0.05) is 30.4 Å². The lowest BCUT2D eigenvalue weighted by Crippen LogP contribution is -2.40. The summed E-state index contributed by atoms with van der Waals surface area (Å²) in [4.78, 5) is 12.2. The van der Waals surface area contributed by atoms with E-state index in [0.29, 0.717) is 13.1 Å². The monoisotopic (exact) mass is 391 g/mol. The number of rotatable bonds is 3. The van der Waals surface area contributed by atoms with Crippen LogP contribution in [0.25, 0.3) is 21.1 Å². The molecule has 1 saturated heterocycles. The summed E-state index contributed by atoms with van der Waals surface area (Å²) in [6.45, 7) is 3.12. The molecule has 0 N–H and O–H groups in total. The molecule has 1 aromatic carbocycles. The summed E-state index contributed by atoms with van der Waals surface area (Å²) in [5, 5.41) is 4.01. The molecule has 1 aliphatic heterocycles. The third-order valence-corrected chi connectivity index (χ3v) is 7.66. The summed E-state index contributed by atoms with van der Waals surface area (Å²) in [7, 11) is -2.85. The van der Waals surface area contributed by atoms with E-state index in [-0.39, 0.29) is 11.5 Å². The van der Waals surface area contributed by atoms with Crippen molar-refractivity contribution in [2.24, 2.45) is 0 Å². The number of aromatic nitrogens is 2. The van der Waals surface area contributed by atoms with E-state index in [0.717, 1.165) is 31.8 Å². The van der Waals surface area contributed by atoms with E-state index in [1.165, 1.54) is 0 Å². The molecule has 5 nitrogen and oxygen atoms in total. The number of anilines is 1. The van der Waals surface area contributed by atoms with Crippen molar-refractivity contribution in [1.29, 1.82) is 0 Å². The molecule has 0 amide bonds. The zero-order valence-corrected chi connectivity index (χ0v) is 16.1. The Morgan fingerprint density at radius 1 is 1.12 bits per heavy atom. The lowest BCUT2D eigenvalue weighted by atomic mass is 10.2. The van der Waals surface area contributed by atoms with Crippen LogP contribution in [-0.4, -0.2) is 43.0 Å². The predicted octanol–water partition coefficient (Wildman–Crippen LogP) is 3.48. The number of thiazole rings is 2. The quantitative estimate of drug-likeness (QED) is 0.684. The van der Waals surface area contributed by atoms with Crippen LogP contribution >= 0.6 is 22.7 Å². The van der Waals surface area contributed by atoms with Crippen LogP contribution in [0, 0.1) is 6.92 Å². The fourth-order valence-electron chi connectivity index (χ4n) is 2.79. The van der Waals surface area contributed by atoms with Gasteiger partial charge in [0.1, 0.15) is 10.7 Å². The SMILES string of the molecule is Cc1nc(-c2ncc(-c3ccc(N4CCS(=O)(=O)CC4)cc3)s2)cs1. The summed E-state index contributed by atoms with van der Waals surface area (Å²) >= 11 is 3.26. The van der Waals surface area contributed by atoms with Crippen molar-refractivity contribution in [2.45, 2.75) is 6.92 Å². The van der Waals surface area contributed by atoms with Crippen molar-refractivity contribution in [1.82, 2.24) is 9.97 Å². The van der Waals surface area contributed by atoms with Gasteiger partial charge in [-0.05, 0) is 24.6 Å². The first-order valence-electron chi connectivity index (χ1n) is 7.94. The second kappa shape index (κ2) is 6.51. The molecule has 8 heteroatoms. The maximum Gasteiger partial charge on any atom is 0.153 e. The van der Waals surface area contributed by atoms with E-state index >= 15 is 0 Å². The van der Waals surface area contributed by atoms with Crippen molar-refractivity contribution in [3.8, 4) is 21.1 Å². The number of aryl methyl sites for hydroxylation is 1. The van der Waals surface area contributed by atoms with Crippen molar-refractivity contribution in [3.63, 3.8) is 0 Å². The van der Waals surface area contributed by atoms with Gasteiger partial charge < -0.3 is 4.90 Å². The van der Waals surface area contributed by atoms with E-state index in [9.17, 15) is 8.42 Å². The van der Waals surface area contributed by atoms with Crippen LogP contribution in [0.3, 0.4) is 0 Å². The van der Waals surface area contributed by atoms with Crippen LogP contribution in [0.5, 0.6) is 0 Å². The Morgan fingerprint density at radius 3 is 2.48 bits per heavy atom. The minimum atomic E-state index is -2.85. The third-order valence-electron chi connectivity index (χ3n) is 4.21. The van der Waals surface area contributed by atoms with Gasteiger partial charge in [0.15, 0.2) is 9.84 Å². The van der Waals surface area contributed by atoms with Crippen molar-refractivity contribution in [3.05, 3.63) is 40.8 Å². The minimum absolute atomic E-state index is 0.236. The first-order chi connectivity index (χ1) is 12.0. The van der Waals surface area contributed by atoms with Gasteiger partial charge in [0.05, 0.1) is 21.4 Å². The van der Waals surface area contributed by atoms with Gasteiger partial charge in [-0.1, -0.05) is 12.1 Å². The van der Waals surface area contributed by atoms with Crippen LogP contribution in [0.2, 0.25) is 0 Å². The first kappa shape index (κ1) is 16.7. The Labute approximate surface area is 154 Å². The van der Waals surface area contributed by atoms with E-state index < -0.39 is 9.84 Å². The standard InChI is InChI=1S/C17H17N3O2S3/c1-12-19-15(11-23-12)17-18-10-16(24-17)13-2-4-14(5-3-13)20-6-8-25(21,22)9-7-20/h2-5,10-11H,6-9H2,1H3. The summed E-state index contributed by atoms with van der Waals surface area (Å²) < 4.78 is 23.1. The van der Waals surface area contributed by atoms with Crippen LogP contribution in [0.4, 0.5) is 5.69 Å². The van der Waals surface area contributed by atoms with Crippen molar-refractivity contribution in [2.75, 3.05) is 29.5 Å². The molecule has 130 valence electrons. The van der Waals surface area contributed by atoms with Crippen molar-refractivity contribution < 1.29 is 8.42 Å². The minimum Gasteiger partial charge on any atom is -0.369 e. The average molecular weight is 392 g/mol. The third kappa shape index (κ3) is 3.61. The van der Waals surface area contributed by atoms with E-state index in [1.54, 1.807) is 22.7 Å². The number of nitrogens with zero attached hydrogens (tertiary/aromatic N) is 3. The molecule has 25 heavy (non-hydrogen) atoms. The molecule has 1 aliphatic rings. The highest BCUT2D eigenvalue weighted by Crippen LogP contribution is 2.33. The lowest BCUT2D eigenvalue weighted by Gasteiger charge is -2.28. The molecule has 0 saturated carbocycles. The normalized spacial score (nSPS) is 16.9. The van der Waals surface area contributed by atoms with E-state index in [2.05, 4.69) is 39.1 Å². The summed E-state index contributed by atoms with van der Waals surface area (Å²) in [6, 6.07) is 8.25. The molecule has 0 bridgehead atoms. The van der Waals surface area contributed by atoms with Crippen LogP contribution < -0.4 is 4.90 Å². The molecular formula is C17H17N3O2S3. The maximum atomic E-state index is 11.6. The Morgan fingerprint density at radius 2 is 1.84 bits per heavy atom. The molecule has 0 aliphatic carbocycles. The topological polar surface area (TPSA) is 63.2 Å². The highest BCUT2D eigenvalue weighted by atomic mass is 32.2.